The maximum Gasteiger partial charge on any atom is 0.255 e. The van der Waals surface area contributed by atoms with E-state index in [0.717, 1.165) is 12.5 Å². The maximum absolute atomic E-state index is 12.1. The van der Waals surface area contributed by atoms with Crippen LogP contribution in [0.3, 0.4) is 0 Å². The highest BCUT2D eigenvalue weighted by Crippen LogP contribution is 2.30. The van der Waals surface area contributed by atoms with E-state index in [1.807, 2.05) is 0 Å². The lowest BCUT2D eigenvalue weighted by Crippen LogP contribution is -2.32. The van der Waals surface area contributed by atoms with Crippen LogP contribution in [0.25, 0.3) is 0 Å². The molecule has 1 fully saturated rings. The fourth-order valence-electron chi connectivity index (χ4n) is 2.88. The van der Waals surface area contributed by atoms with Crippen molar-refractivity contribution in [2.45, 2.75) is 39.0 Å². The van der Waals surface area contributed by atoms with E-state index in [2.05, 4.69) is 22.7 Å². The normalized spacial score (nSPS) is 22.3. The van der Waals surface area contributed by atoms with Gasteiger partial charge in [0.2, 0.25) is 0 Å². The number of carbonyl (C=O) groups is 1. The Labute approximate surface area is 120 Å². The van der Waals surface area contributed by atoms with E-state index < -0.39 is 0 Å². The number of hydrogen-bond acceptors (Lipinski definition) is 4. The SMILES string of the molecule is CCC1CCC(CNC(=O)c2cccnc2NN)CC1. The van der Waals surface area contributed by atoms with Crippen LogP contribution < -0.4 is 16.6 Å². The highest BCUT2D eigenvalue weighted by atomic mass is 16.1. The van der Waals surface area contributed by atoms with E-state index in [0.29, 0.717) is 17.3 Å². The van der Waals surface area contributed by atoms with Crippen molar-refractivity contribution in [2.24, 2.45) is 17.7 Å². The molecule has 0 atom stereocenters. The second-order valence-electron chi connectivity index (χ2n) is 5.55. The van der Waals surface area contributed by atoms with Gasteiger partial charge in [-0.05, 0) is 36.8 Å². The molecule has 0 spiro atoms. The number of nitrogen functional groups attached to an aromatic ring is 1. The molecular formula is C15H24N4O. The molecule has 0 saturated heterocycles. The molecular weight excluding hydrogens is 252 g/mol. The van der Waals surface area contributed by atoms with Gasteiger partial charge < -0.3 is 10.7 Å². The summed E-state index contributed by atoms with van der Waals surface area (Å²) in [5.41, 5.74) is 2.95. The minimum Gasteiger partial charge on any atom is -0.352 e. The molecule has 110 valence electrons. The van der Waals surface area contributed by atoms with Gasteiger partial charge in [-0.1, -0.05) is 26.2 Å². The summed E-state index contributed by atoms with van der Waals surface area (Å²) in [5.74, 6) is 7.16. The Kier molecular flexibility index (Phi) is 5.35. The van der Waals surface area contributed by atoms with Crippen molar-refractivity contribution < 1.29 is 4.79 Å². The first-order chi connectivity index (χ1) is 9.74. The second-order valence-corrected chi connectivity index (χ2v) is 5.55. The third-order valence-electron chi connectivity index (χ3n) is 4.28. The van der Waals surface area contributed by atoms with Crippen molar-refractivity contribution in [1.29, 1.82) is 0 Å². The third-order valence-corrected chi connectivity index (χ3v) is 4.28. The molecule has 5 nitrogen and oxygen atoms in total. The van der Waals surface area contributed by atoms with Crippen molar-refractivity contribution in [1.82, 2.24) is 10.3 Å². The molecule has 0 bridgehead atoms. The number of nitrogens with zero attached hydrogens (tertiary/aromatic N) is 1. The Bertz CT molecular complexity index is 441. The molecule has 0 radical (unpaired) electrons. The molecule has 20 heavy (non-hydrogen) atoms. The molecule has 4 N–H and O–H groups in total. The molecule has 1 aromatic rings. The lowest BCUT2D eigenvalue weighted by atomic mass is 9.81. The minimum atomic E-state index is -0.108. The number of amides is 1. The van der Waals surface area contributed by atoms with E-state index in [9.17, 15) is 4.79 Å². The first kappa shape index (κ1) is 14.8. The highest BCUT2D eigenvalue weighted by Gasteiger charge is 2.21. The van der Waals surface area contributed by atoms with Crippen LogP contribution in [0.15, 0.2) is 18.3 Å². The van der Waals surface area contributed by atoms with E-state index in [4.69, 9.17) is 5.84 Å². The van der Waals surface area contributed by atoms with Crippen molar-refractivity contribution >= 4 is 11.7 Å². The summed E-state index contributed by atoms with van der Waals surface area (Å²) < 4.78 is 0. The molecule has 1 aromatic heterocycles. The van der Waals surface area contributed by atoms with Crippen LogP contribution in [0.1, 0.15) is 49.4 Å². The smallest absolute Gasteiger partial charge is 0.255 e. The number of pyridine rings is 1. The van der Waals surface area contributed by atoms with E-state index in [1.165, 1.54) is 32.1 Å². The van der Waals surface area contributed by atoms with Crippen LogP contribution in [0.2, 0.25) is 0 Å². The number of hydrogen-bond donors (Lipinski definition) is 3. The van der Waals surface area contributed by atoms with Crippen molar-refractivity contribution in [3.63, 3.8) is 0 Å². The Morgan fingerprint density at radius 2 is 2.05 bits per heavy atom. The van der Waals surface area contributed by atoms with Gasteiger partial charge in [-0.2, -0.15) is 0 Å². The van der Waals surface area contributed by atoms with Gasteiger partial charge in [-0.3, -0.25) is 4.79 Å². The predicted molar refractivity (Wildman–Crippen MR) is 80.1 cm³/mol. The molecule has 5 heteroatoms. The zero-order valence-electron chi connectivity index (χ0n) is 12.1. The maximum atomic E-state index is 12.1. The van der Waals surface area contributed by atoms with Crippen molar-refractivity contribution in [2.75, 3.05) is 12.0 Å². The fourth-order valence-corrected chi connectivity index (χ4v) is 2.88. The van der Waals surface area contributed by atoms with Gasteiger partial charge in [0.25, 0.3) is 5.91 Å². The molecule has 1 heterocycles. The zero-order chi connectivity index (χ0) is 14.4. The van der Waals surface area contributed by atoms with Crippen LogP contribution in [-0.2, 0) is 0 Å². The molecule has 0 aromatic carbocycles. The molecule has 1 aliphatic rings. The number of nitrogens with one attached hydrogen (secondary N) is 2. The zero-order valence-corrected chi connectivity index (χ0v) is 12.1. The van der Waals surface area contributed by atoms with Crippen LogP contribution in [0.4, 0.5) is 5.82 Å². The fraction of sp³-hybridized carbons (Fsp3) is 0.600. The number of nitrogens with two attached hydrogens (primary N) is 1. The summed E-state index contributed by atoms with van der Waals surface area (Å²) in [6, 6.07) is 3.47. The van der Waals surface area contributed by atoms with Gasteiger partial charge in [0, 0.05) is 12.7 Å². The first-order valence-electron chi connectivity index (χ1n) is 7.44. The summed E-state index contributed by atoms with van der Waals surface area (Å²) in [4.78, 5) is 16.2. The summed E-state index contributed by atoms with van der Waals surface area (Å²) in [6.07, 6.45) is 7.90. The summed E-state index contributed by atoms with van der Waals surface area (Å²) >= 11 is 0. The minimum absolute atomic E-state index is 0.108. The van der Waals surface area contributed by atoms with Crippen molar-refractivity contribution in [3.8, 4) is 0 Å². The standard InChI is InChI=1S/C15H24N4O/c1-2-11-5-7-12(8-6-11)10-18-15(20)13-4-3-9-17-14(13)19-16/h3-4,9,11-12H,2,5-8,10,16H2,1H3,(H,17,19)(H,18,20). The third kappa shape index (κ3) is 3.70. The Hall–Kier alpha value is -1.62. The first-order valence-corrected chi connectivity index (χ1v) is 7.44. The second kappa shape index (κ2) is 7.24. The lowest BCUT2D eigenvalue weighted by Gasteiger charge is -2.27. The average molecular weight is 276 g/mol. The Morgan fingerprint density at radius 3 is 2.70 bits per heavy atom. The van der Waals surface area contributed by atoms with E-state index in [-0.39, 0.29) is 5.91 Å². The van der Waals surface area contributed by atoms with E-state index in [1.54, 1.807) is 18.3 Å². The highest BCUT2D eigenvalue weighted by molar-refractivity contribution is 5.98. The largest absolute Gasteiger partial charge is 0.352 e. The van der Waals surface area contributed by atoms with Gasteiger partial charge in [-0.25, -0.2) is 10.8 Å². The van der Waals surface area contributed by atoms with Gasteiger partial charge in [-0.15, -0.1) is 0 Å². The van der Waals surface area contributed by atoms with Crippen LogP contribution >= 0.6 is 0 Å². The van der Waals surface area contributed by atoms with E-state index >= 15 is 0 Å². The van der Waals surface area contributed by atoms with Crippen LogP contribution in [0, 0.1) is 11.8 Å². The number of rotatable bonds is 5. The van der Waals surface area contributed by atoms with Crippen LogP contribution in [0.5, 0.6) is 0 Å². The number of anilines is 1. The molecule has 2 rings (SSSR count). The number of carbonyl (C=O) groups excluding carboxylic acids is 1. The predicted octanol–water partition coefficient (Wildman–Crippen LogP) is 2.31. The monoisotopic (exact) mass is 276 g/mol. The van der Waals surface area contributed by atoms with Gasteiger partial charge in [0.05, 0.1) is 5.56 Å². The van der Waals surface area contributed by atoms with Gasteiger partial charge in [0.1, 0.15) is 0 Å². The summed E-state index contributed by atoms with van der Waals surface area (Å²) in [7, 11) is 0. The Balaban J connectivity index is 1.83. The average Bonchev–Trinajstić information content (AvgIpc) is 2.53. The summed E-state index contributed by atoms with van der Waals surface area (Å²) in [5, 5.41) is 3.00. The van der Waals surface area contributed by atoms with Gasteiger partial charge in [0.15, 0.2) is 5.82 Å². The molecule has 0 aliphatic heterocycles. The topological polar surface area (TPSA) is 80.0 Å². The molecule has 0 unspecified atom stereocenters. The Morgan fingerprint density at radius 1 is 1.35 bits per heavy atom. The summed E-state index contributed by atoms with van der Waals surface area (Å²) in [6.45, 7) is 3.00. The van der Waals surface area contributed by atoms with Gasteiger partial charge >= 0.3 is 0 Å². The number of aromatic nitrogens is 1. The van der Waals surface area contributed by atoms with Crippen molar-refractivity contribution in [3.05, 3.63) is 23.9 Å². The molecule has 1 aliphatic carbocycles. The number of hydrazine groups is 1. The molecule has 1 amide bonds. The molecule has 1 saturated carbocycles. The lowest BCUT2D eigenvalue weighted by molar-refractivity contribution is 0.0941. The quantitative estimate of drug-likeness (QED) is 0.569. The van der Waals surface area contributed by atoms with Crippen LogP contribution in [-0.4, -0.2) is 17.4 Å².